The fourth-order valence-corrected chi connectivity index (χ4v) is 2.76. The second-order valence-corrected chi connectivity index (χ2v) is 5.91. The Morgan fingerprint density at radius 1 is 1.22 bits per heavy atom. The molecule has 0 saturated heterocycles. The van der Waals surface area contributed by atoms with Crippen molar-refractivity contribution in [3.63, 3.8) is 0 Å². The first-order chi connectivity index (χ1) is 8.58. The van der Waals surface area contributed by atoms with Crippen LogP contribution in [0.3, 0.4) is 0 Å². The quantitative estimate of drug-likeness (QED) is 0.785. The van der Waals surface area contributed by atoms with Crippen LogP contribution in [-0.4, -0.2) is 49.2 Å². The molecular formula is C13H25N3OS. The molecule has 0 spiro atoms. The van der Waals surface area contributed by atoms with E-state index in [-0.39, 0.29) is 6.61 Å². The SMILES string of the molecule is CCCc1nc(N(C)CCCN(C)C)sc1CO. The number of hydrogen-bond acceptors (Lipinski definition) is 5. The Morgan fingerprint density at radius 3 is 2.50 bits per heavy atom. The molecule has 0 aliphatic carbocycles. The van der Waals surface area contributed by atoms with E-state index >= 15 is 0 Å². The van der Waals surface area contributed by atoms with Gasteiger partial charge in [0.1, 0.15) is 0 Å². The van der Waals surface area contributed by atoms with Crippen molar-refractivity contribution < 1.29 is 5.11 Å². The van der Waals surface area contributed by atoms with Crippen LogP contribution in [0.2, 0.25) is 0 Å². The Morgan fingerprint density at radius 2 is 1.94 bits per heavy atom. The zero-order valence-electron chi connectivity index (χ0n) is 11.9. The highest BCUT2D eigenvalue weighted by Gasteiger charge is 2.12. The fourth-order valence-electron chi connectivity index (χ4n) is 1.81. The molecule has 1 rings (SSSR count). The van der Waals surface area contributed by atoms with Gasteiger partial charge in [-0.05, 0) is 33.5 Å². The molecule has 1 heterocycles. The summed E-state index contributed by atoms with van der Waals surface area (Å²) in [5.74, 6) is 0. The van der Waals surface area contributed by atoms with E-state index in [0.29, 0.717) is 0 Å². The van der Waals surface area contributed by atoms with Crippen LogP contribution in [0.1, 0.15) is 30.3 Å². The van der Waals surface area contributed by atoms with Crippen LogP contribution in [0.4, 0.5) is 5.13 Å². The second kappa shape index (κ2) is 7.71. The van der Waals surface area contributed by atoms with Gasteiger partial charge in [0.15, 0.2) is 5.13 Å². The summed E-state index contributed by atoms with van der Waals surface area (Å²) in [6.45, 7) is 4.34. The number of thiazole rings is 1. The maximum atomic E-state index is 9.33. The topological polar surface area (TPSA) is 39.6 Å². The van der Waals surface area contributed by atoms with Gasteiger partial charge in [0.25, 0.3) is 0 Å². The molecule has 0 unspecified atom stereocenters. The Labute approximate surface area is 114 Å². The third kappa shape index (κ3) is 4.55. The fraction of sp³-hybridized carbons (Fsp3) is 0.769. The molecule has 0 bridgehead atoms. The molecule has 0 aromatic carbocycles. The Bertz CT molecular complexity index is 352. The Balaban J connectivity index is 2.59. The minimum absolute atomic E-state index is 0.110. The molecule has 1 aromatic rings. The van der Waals surface area contributed by atoms with Crippen LogP contribution in [0.15, 0.2) is 0 Å². The predicted octanol–water partition coefficient (Wildman–Crippen LogP) is 1.98. The lowest BCUT2D eigenvalue weighted by Crippen LogP contribution is -2.23. The molecule has 0 aliphatic rings. The lowest BCUT2D eigenvalue weighted by atomic mass is 10.2. The molecule has 18 heavy (non-hydrogen) atoms. The van der Waals surface area contributed by atoms with Crippen LogP contribution in [0, 0.1) is 0 Å². The highest BCUT2D eigenvalue weighted by Crippen LogP contribution is 2.26. The van der Waals surface area contributed by atoms with Crippen molar-refractivity contribution in [2.24, 2.45) is 0 Å². The van der Waals surface area contributed by atoms with Crippen LogP contribution in [0.25, 0.3) is 0 Å². The van der Waals surface area contributed by atoms with Gasteiger partial charge in [-0.15, -0.1) is 0 Å². The van der Waals surface area contributed by atoms with Gasteiger partial charge in [-0.25, -0.2) is 4.98 Å². The zero-order chi connectivity index (χ0) is 13.5. The number of hydrogen-bond donors (Lipinski definition) is 1. The lowest BCUT2D eigenvalue weighted by molar-refractivity contribution is 0.284. The third-order valence-corrected chi connectivity index (χ3v) is 4.02. The number of aliphatic hydroxyl groups excluding tert-OH is 1. The van der Waals surface area contributed by atoms with Gasteiger partial charge < -0.3 is 14.9 Å². The predicted molar refractivity (Wildman–Crippen MR) is 78.5 cm³/mol. The summed E-state index contributed by atoms with van der Waals surface area (Å²) in [5, 5.41) is 10.4. The summed E-state index contributed by atoms with van der Waals surface area (Å²) in [7, 11) is 6.25. The molecule has 0 aliphatic heterocycles. The molecular weight excluding hydrogens is 246 g/mol. The van der Waals surface area contributed by atoms with E-state index < -0.39 is 0 Å². The summed E-state index contributed by atoms with van der Waals surface area (Å²) in [6.07, 6.45) is 3.15. The van der Waals surface area contributed by atoms with Gasteiger partial charge in [0.2, 0.25) is 0 Å². The Kier molecular flexibility index (Phi) is 6.60. The van der Waals surface area contributed by atoms with E-state index in [2.05, 4.69) is 42.9 Å². The number of aliphatic hydroxyl groups is 1. The summed E-state index contributed by atoms with van der Waals surface area (Å²) in [6, 6.07) is 0. The van der Waals surface area contributed by atoms with Gasteiger partial charge >= 0.3 is 0 Å². The van der Waals surface area contributed by atoms with E-state index in [1.54, 1.807) is 11.3 Å². The van der Waals surface area contributed by atoms with E-state index in [4.69, 9.17) is 0 Å². The van der Waals surface area contributed by atoms with Gasteiger partial charge in [-0.2, -0.15) is 0 Å². The second-order valence-electron chi connectivity index (χ2n) is 4.85. The first kappa shape index (κ1) is 15.4. The average Bonchev–Trinajstić information content (AvgIpc) is 2.72. The van der Waals surface area contributed by atoms with E-state index in [9.17, 15) is 5.11 Å². The van der Waals surface area contributed by atoms with E-state index in [1.165, 1.54) is 0 Å². The number of nitrogens with zero attached hydrogens (tertiary/aromatic N) is 3. The van der Waals surface area contributed by atoms with Gasteiger partial charge in [0.05, 0.1) is 17.2 Å². The molecule has 104 valence electrons. The van der Waals surface area contributed by atoms with Crippen LogP contribution < -0.4 is 4.90 Å². The smallest absolute Gasteiger partial charge is 0.185 e. The molecule has 1 N–H and O–H groups in total. The first-order valence-electron chi connectivity index (χ1n) is 6.53. The lowest BCUT2D eigenvalue weighted by Gasteiger charge is -2.17. The molecule has 0 fully saturated rings. The zero-order valence-corrected chi connectivity index (χ0v) is 12.8. The van der Waals surface area contributed by atoms with Crippen LogP contribution >= 0.6 is 11.3 Å². The van der Waals surface area contributed by atoms with Crippen molar-refractivity contribution >= 4 is 16.5 Å². The van der Waals surface area contributed by atoms with Crippen molar-refractivity contribution in [2.45, 2.75) is 32.8 Å². The van der Waals surface area contributed by atoms with Crippen molar-refractivity contribution in [2.75, 3.05) is 39.1 Å². The highest BCUT2D eigenvalue weighted by molar-refractivity contribution is 7.15. The normalized spacial score (nSPS) is 11.2. The molecule has 4 nitrogen and oxygen atoms in total. The highest BCUT2D eigenvalue weighted by atomic mass is 32.1. The van der Waals surface area contributed by atoms with Gasteiger partial charge in [-0.3, -0.25) is 0 Å². The molecule has 5 heteroatoms. The van der Waals surface area contributed by atoms with E-state index in [0.717, 1.165) is 48.1 Å². The average molecular weight is 271 g/mol. The standard InChI is InChI=1S/C13H25N3OS/c1-5-7-11-12(10-17)18-13(14-11)16(4)9-6-8-15(2)3/h17H,5-10H2,1-4H3. The molecule has 1 aromatic heterocycles. The minimum Gasteiger partial charge on any atom is -0.391 e. The van der Waals surface area contributed by atoms with Crippen molar-refractivity contribution in [1.29, 1.82) is 0 Å². The minimum atomic E-state index is 0.110. The van der Waals surface area contributed by atoms with Gasteiger partial charge in [0, 0.05) is 13.6 Å². The number of anilines is 1. The van der Waals surface area contributed by atoms with Crippen molar-refractivity contribution in [3.8, 4) is 0 Å². The maximum Gasteiger partial charge on any atom is 0.185 e. The molecule has 0 saturated carbocycles. The summed E-state index contributed by atoms with van der Waals surface area (Å²) in [5.41, 5.74) is 1.07. The van der Waals surface area contributed by atoms with Crippen molar-refractivity contribution in [3.05, 3.63) is 10.6 Å². The number of aromatic nitrogens is 1. The monoisotopic (exact) mass is 271 g/mol. The van der Waals surface area contributed by atoms with Crippen LogP contribution in [-0.2, 0) is 13.0 Å². The summed E-state index contributed by atoms with van der Waals surface area (Å²) >= 11 is 1.62. The largest absolute Gasteiger partial charge is 0.391 e. The molecule has 0 atom stereocenters. The third-order valence-electron chi connectivity index (χ3n) is 2.82. The first-order valence-corrected chi connectivity index (χ1v) is 7.35. The molecule has 0 radical (unpaired) electrons. The maximum absolute atomic E-state index is 9.33. The Hall–Kier alpha value is -0.650. The summed E-state index contributed by atoms with van der Waals surface area (Å²) in [4.78, 5) is 10.0. The molecule has 0 amide bonds. The number of rotatable bonds is 8. The van der Waals surface area contributed by atoms with Crippen LogP contribution in [0.5, 0.6) is 0 Å². The summed E-state index contributed by atoms with van der Waals surface area (Å²) < 4.78 is 0. The van der Waals surface area contributed by atoms with Gasteiger partial charge in [-0.1, -0.05) is 24.7 Å². The van der Waals surface area contributed by atoms with E-state index in [1.807, 2.05) is 0 Å². The van der Waals surface area contributed by atoms with Crippen molar-refractivity contribution in [1.82, 2.24) is 9.88 Å². The number of aryl methyl sites for hydroxylation is 1.